The highest BCUT2D eigenvalue weighted by Gasteiger charge is 2.56. The van der Waals surface area contributed by atoms with Crippen LogP contribution in [0.4, 0.5) is 22.0 Å². The van der Waals surface area contributed by atoms with Crippen LogP contribution in [-0.2, 0) is 0 Å². The van der Waals surface area contributed by atoms with E-state index in [1.165, 1.54) is 0 Å². The average Bonchev–Trinajstić information content (AvgIpc) is 1.98. The van der Waals surface area contributed by atoms with Crippen LogP contribution in [0.1, 0.15) is 20.8 Å². The van der Waals surface area contributed by atoms with Crippen molar-refractivity contribution in [3.05, 3.63) is 0 Å². The van der Waals surface area contributed by atoms with Gasteiger partial charge in [0.15, 0.2) is 0 Å². The highest BCUT2D eigenvalue weighted by molar-refractivity contribution is 4.78. The lowest BCUT2D eigenvalue weighted by molar-refractivity contribution is -0.279. The number of halogens is 5. The van der Waals surface area contributed by atoms with E-state index in [2.05, 4.69) is 10.6 Å². The van der Waals surface area contributed by atoms with Crippen LogP contribution in [0.2, 0.25) is 0 Å². The molecule has 2 N–H and O–H groups in total. The predicted molar refractivity (Wildman–Crippen MR) is 51.6 cm³/mol. The molecule has 0 aromatic heterocycles. The zero-order valence-electron chi connectivity index (χ0n) is 9.51. The first-order valence-electron chi connectivity index (χ1n) is 4.86. The van der Waals surface area contributed by atoms with Gasteiger partial charge < -0.3 is 10.6 Å². The summed E-state index contributed by atoms with van der Waals surface area (Å²) in [5.41, 5.74) is -0.186. The molecular weight excluding hydrogens is 231 g/mol. The van der Waals surface area contributed by atoms with E-state index in [0.717, 1.165) is 0 Å². The zero-order valence-corrected chi connectivity index (χ0v) is 9.51. The SMILES string of the molecule is CC(C)(C)NCCNCC(F)(F)C(F)(F)F. The van der Waals surface area contributed by atoms with Crippen molar-refractivity contribution in [2.24, 2.45) is 0 Å². The van der Waals surface area contributed by atoms with Crippen molar-refractivity contribution in [2.45, 2.75) is 38.4 Å². The van der Waals surface area contributed by atoms with Crippen molar-refractivity contribution < 1.29 is 22.0 Å². The highest BCUT2D eigenvalue weighted by atomic mass is 19.4. The molecule has 0 saturated heterocycles. The Balaban J connectivity index is 3.75. The van der Waals surface area contributed by atoms with E-state index in [0.29, 0.717) is 6.54 Å². The molecule has 2 nitrogen and oxygen atoms in total. The van der Waals surface area contributed by atoms with E-state index in [1.54, 1.807) is 0 Å². The smallest absolute Gasteiger partial charge is 0.311 e. The third-order valence-corrected chi connectivity index (χ3v) is 1.72. The van der Waals surface area contributed by atoms with Gasteiger partial charge in [-0.15, -0.1) is 0 Å². The van der Waals surface area contributed by atoms with Gasteiger partial charge in [-0.1, -0.05) is 0 Å². The number of alkyl halides is 5. The van der Waals surface area contributed by atoms with Gasteiger partial charge in [-0.2, -0.15) is 22.0 Å². The van der Waals surface area contributed by atoms with Crippen molar-refractivity contribution in [1.29, 1.82) is 0 Å². The Morgan fingerprint density at radius 1 is 0.875 bits per heavy atom. The maximum atomic E-state index is 12.4. The van der Waals surface area contributed by atoms with Crippen molar-refractivity contribution in [2.75, 3.05) is 19.6 Å². The molecule has 0 aliphatic rings. The van der Waals surface area contributed by atoms with Crippen LogP contribution in [0.3, 0.4) is 0 Å². The Bertz CT molecular complexity index is 207. The molecule has 0 fully saturated rings. The molecule has 0 spiro atoms. The first-order chi connectivity index (χ1) is 6.96. The zero-order chi connectivity index (χ0) is 13.0. The summed E-state index contributed by atoms with van der Waals surface area (Å²) in [7, 11) is 0. The van der Waals surface area contributed by atoms with Crippen LogP contribution in [0, 0.1) is 0 Å². The Hall–Kier alpha value is -0.430. The van der Waals surface area contributed by atoms with Crippen molar-refractivity contribution in [3.63, 3.8) is 0 Å². The molecule has 0 aliphatic carbocycles. The Morgan fingerprint density at radius 2 is 1.38 bits per heavy atom. The lowest BCUT2D eigenvalue weighted by atomic mass is 10.1. The van der Waals surface area contributed by atoms with Crippen molar-refractivity contribution in [1.82, 2.24) is 10.6 Å². The molecule has 0 aromatic carbocycles. The van der Waals surface area contributed by atoms with Crippen LogP contribution in [0.15, 0.2) is 0 Å². The van der Waals surface area contributed by atoms with Crippen LogP contribution in [-0.4, -0.2) is 37.3 Å². The minimum absolute atomic E-state index is 0.0585. The summed E-state index contributed by atoms with van der Waals surface area (Å²) in [4.78, 5) is 0. The normalized spacial score (nSPS) is 14.2. The number of nitrogens with one attached hydrogen (secondary N) is 2. The fraction of sp³-hybridized carbons (Fsp3) is 1.00. The van der Waals surface area contributed by atoms with Gasteiger partial charge in [0.25, 0.3) is 0 Å². The van der Waals surface area contributed by atoms with Gasteiger partial charge in [-0.3, -0.25) is 0 Å². The average molecular weight is 248 g/mol. The van der Waals surface area contributed by atoms with E-state index in [1.807, 2.05) is 20.8 Å². The monoisotopic (exact) mass is 248 g/mol. The Morgan fingerprint density at radius 3 is 1.75 bits per heavy atom. The maximum Gasteiger partial charge on any atom is 0.454 e. The first kappa shape index (κ1) is 15.6. The van der Waals surface area contributed by atoms with Gasteiger partial charge in [0.1, 0.15) is 0 Å². The minimum Gasteiger partial charge on any atom is -0.311 e. The summed E-state index contributed by atoms with van der Waals surface area (Å²) in [5, 5.41) is 5.03. The standard InChI is InChI=1S/C9H17F5N2/c1-7(2,3)16-5-4-15-6-8(10,11)9(12,13)14/h15-16H,4-6H2,1-3H3. The van der Waals surface area contributed by atoms with E-state index in [9.17, 15) is 22.0 Å². The molecule has 0 unspecified atom stereocenters. The summed E-state index contributed by atoms with van der Waals surface area (Å²) in [6, 6.07) is 0. The summed E-state index contributed by atoms with van der Waals surface area (Å²) >= 11 is 0. The van der Waals surface area contributed by atoms with E-state index in [-0.39, 0.29) is 12.1 Å². The quantitative estimate of drug-likeness (QED) is 0.575. The molecule has 0 rings (SSSR count). The molecular formula is C9H17F5N2. The van der Waals surface area contributed by atoms with Crippen molar-refractivity contribution in [3.8, 4) is 0 Å². The second-order valence-corrected chi connectivity index (χ2v) is 4.56. The molecule has 0 bridgehead atoms. The van der Waals surface area contributed by atoms with Crippen molar-refractivity contribution >= 4 is 0 Å². The molecule has 0 saturated carbocycles. The molecule has 0 amide bonds. The van der Waals surface area contributed by atoms with E-state index >= 15 is 0 Å². The Kier molecular flexibility index (Phi) is 5.13. The van der Waals surface area contributed by atoms with E-state index in [4.69, 9.17) is 0 Å². The molecule has 0 radical (unpaired) electrons. The molecule has 0 aromatic rings. The summed E-state index contributed by atoms with van der Waals surface area (Å²) in [6.45, 7) is 4.62. The van der Waals surface area contributed by atoms with Gasteiger partial charge >= 0.3 is 12.1 Å². The van der Waals surface area contributed by atoms with Gasteiger partial charge in [-0.05, 0) is 20.8 Å². The largest absolute Gasteiger partial charge is 0.454 e. The molecule has 0 heterocycles. The fourth-order valence-electron chi connectivity index (χ4n) is 0.871. The van der Waals surface area contributed by atoms with Gasteiger partial charge in [0, 0.05) is 18.6 Å². The lowest BCUT2D eigenvalue weighted by Crippen LogP contribution is -2.47. The van der Waals surface area contributed by atoms with Crippen LogP contribution in [0.25, 0.3) is 0 Å². The Labute approximate surface area is 91.6 Å². The number of hydrogen-bond donors (Lipinski definition) is 2. The number of hydrogen-bond acceptors (Lipinski definition) is 2. The highest BCUT2D eigenvalue weighted by Crippen LogP contribution is 2.34. The number of rotatable bonds is 5. The van der Waals surface area contributed by atoms with Gasteiger partial charge in [-0.25, -0.2) is 0 Å². The fourth-order valence-corrected chi connectivity index (χ4v) is 0.871. The third kappa shape index (κ3) is 6.22. The van der Waals surface area contributed by atoms with Gasteiger partial charge in [0.2, 0.25) is 0 Å². The van der Waals surface area contributed by atoms with Crippen LogP contribution < -0.4 is 10.6 Å². The molecule has 98 valence electrons. The molecule has 16 heavy (non-hydrogen) atoms. The first-order valence-corrected chi connectivity index (χ1v) is 4.86. The predicted octanol–water partition coefficient (Wildman–Crippen LogP) is 2.16. The van der Waals surface area contributed by atoms with E-state index < -0.39 is 18.6 Å². The molecule has 0 aliphatic heterocycles. The van der Waals surface area contributed by atoms with Crippen LogP contribution >= 0.6 is 0 Å². The topological polar surface area (TPSA) is 24.1 Å². The molecule has 0 atom stereocenters. The summed E-state index contributed by atoms with van der Waals surface area (Å²) in [5.74, 6) is -4.67. The van der Waals surface area contributed by atoms with Crippen LogP contribution in [0.5, 0.6) is 0 Å². The summed E-state index contributed by atoms with van der Waals surface area (Å²) in [6.07, 6.45) is -5.49. The second kappa shape index (κ2) is 5.27. The minimum atomic E-state index is -5.49. The summed E-state index contributed by atoms with van der Waals surface area (Å²) < 4.78 is 59.9. The molecule has 7 heteroatoms. The van der Waals surface area contributed by atoms with Gasteiger partial charge in [0.05, 0.1) is 6.54 Å². The third-order valence-electron chi connectivity index (χ3n) is 1.72. The second-order valence-electron chi connectivity index (χ2n) is 4.56. The maximum absolute atomic E-state index is 12.4. The lowest BCUT2D eigenvalue weighted by Gasteiger charge is -2.22.